The van der Waals surface area contributed by atoms with Gasteiger partial charge in [-0.1, -0.05) is 104 Å². The predicted molar refractivity (Wildman–Crippen MR) is 121 cm³/mol. The van der Waals surface area contributed by atoms with Crippen LogP contribution >= 0.6 is 0 Å². The van der Waals surface area contributed by atoms with Crippen LogP contribution in [0.3, 0.4) is 0 Å². The Labute approximate surface area is 170 Å². The number of hydrogen-bond donors (Lipinski definition) is 1. The summed E-state index contributed by atoms with van der Waals surface area (Å²) in [6.07, 6.45) is 21.9. The van der Waals surface area contributed by atoms with E-state index in [1.807, 2.05) is 6.07 Å². The number of aromatic hydroxyl groups is 1. The van der Waals surface area contributed by atoms with Gasteiger partial charge in [-0.2, -0.15) is 0 Å². The summed E-state index contributed by atoms with van der Waals surface area (Å²) in [5.74, 6) is 0.543. The van der Waals surface area contributed by atoms with Crippen LogP contribution in [-0.2, 0) is 19.3 Å². The Balaban J connectivity index is 2.58. The second-order valence-corrected chi connectivity index (χ2v) is 8.34. The number of rotatable bonds is 17. The summed E-state index contributed by atoms with van der Waals surface area (Å²) in [5, 5.41) is 10.5. The molecule has 0 heterocycles. The van der Waals surface area contributed by atoms with Crippen LogP contribution in [0.1, 0.15) is 127 Å². The lowest BCUT2D eigenvalue weighted by Gasteiger charge is -2.17. The molecule has 0 saturated carbocycles. The van der Waals surface area contributed by atoms with E-state index >= 15 is 0 Å². The minimum absolute atomic E-state index is 0.543. The predicted octanol–water partition coefficient (Wildman–Crippen LogP) is 8.54. The Morgan fingerprint density at radius 3 is 1.52 bits per heavy atom. The minimum atomic E-state index is 0.543. The van der Waals surface area contributed by atoms with Gasteiger partial charge in [0.25, 0.3) is 0 Å². The molecule has 0 amide bonds. The standard InChI is InChI=1S/C26H46O/c1-4-7-9-11-13-15-17-20-25-24(19-16-14-12-10-8-5-2)23(18-6-3)21-22-26(25)27/h21-22,27H,4-20H2,1-3H3. The van der Waals surface area contributed by atoms with E-state index in [0.717, 1.165) is 19.3 Å². The van der Waals surface area contributed by atoms with Crippen molar-refractivity contribution in [3.8, 4) is 5.75 Å². The fraction of sp³-hybridized carbons (Fsp3) is 0.769. The van der Waals surface area contributed by atoms with Crippen molar-refractivity contribution in [1.82, 2.24) is 0 Å². The highest BCUT2D eigenvalue weighted by Gasteiger charge is 2.12. The summed E-state index contributed by atoms with van der Waals surface area (Å²) in [5.41, 5.74) is 4.24. The van der Waals surface area contributed by atoms with Crippen molar-refractivity contribution in [1.29, 1.82) is 0 Å². The van der Waals surface area contributed by atoms with E-state index in [2.05, 4.69) is 26.8 Å². The van der Waals surface area contributed by atoms with E-state index in [-0.39, 0.29) is 0 Å². The lowest BCUT2D eigenvalue weighted by molar-refractivity contribution is 0.463. The van der Waals surface area contributed by atoms with E-state index < -0.39 is 0 Å². The zero-order chi connectivity index (χ0) is 19.7. The molecule has 0 atom stereocenters. The molecule has 156 valence electrons. The van der Waals surface area contributed by atoms with Crippen LogP contribution < -0.4 is 0 Å². The topological polar surface area (TPSA) is 20.2 Å². The molecule has 27 heavy (non-hydrogen) atoms. The zero-order valence-corrected chi connectivity index (χ0v) is 18.6. The van der Waals surface area contributed by atoms with Crippen molar-refractivity contribution < 1.29 is 5.11 Å². The lowest BCUT2D eigenvalue weighted by Crippen LogP contribution is -2.02. The van der Waals surface area contributed by atoms with Crippen molar-refractivity contribution in [2.24, 2.45) is 0 Å². The molecular weight excluding hydrogens is 328 g/mol. The second kappa shape index (κ2) is 16.0. The molecule has 0 aromatic heterocycles. The Kier molecular flexibility index (Phi) is 14.3. The fourth-order valence-corrected chi connectivity index (χ4v) is 4.16. The minimum Gasteiger partial charge on any atom is -0.508 e. The molecule has 0 bridgehead atoms. The molecule has 1 aromatic rings. The normalized spacial score (nSPS) is 11.2. The monoisotopic (exact) mass is 374 g/mol. The average molecular weight is 375 g/mol. The average Bonchev–Trinajstić information content (AvgIpc) is 2.67. The number of hydrogen-bond acceptors (Lipinski definition) is 1. The number of phenolic OH excluding ortho intramolecular Hbond substituents is 1. The summed E-state index contributed by atoms with van der Waals surface area (Å²) in [6.45, 7) is 6.81. The van der Waals surface area contributed by atoms with Crippen molar-refractivity contribution >= 4 is 0 Å². The molecule has 0 aliphatic heterocycles. The van der Waals surface area contributed by atoms with Crippen molar-refractivity contribution in [2.75, 3.05) is 0 Å². The number of phenols is 1. The molecule has 0 saturated heterocycles. The highest BCUT2D eigenvalue weighted by molar-refractivity contribution is 5.45. The molecule has 1 nitrogen and oxygen atoms in total. The van der Waals surface area contributed by atoms with Crippen LogP contribution in [0, 0.1) is 0 Å². The van der Waals surface area contributed by atoms with E-state index in [0.29, 0.717) is 5.75 Å². The highest BCUT2D eigenvalue weighted by atomic mass is 16.3. The van der Waals surface area contributed by atoms with Crippen LogP contribution in [0.15, 0.2) is 12.1 Å². The van der Waals surface area contributed by atoms with E-state index in [1.165, 1.54) is 107 Å². The second-order valence-electron chi connectivity index (χ2n) is 8.34. The molecule has 1 heteroatoms. The van der Waals surface area contributed by atoms with Gasteiger partial charge in [0.2, 0.25) is 0 Å². The molecule has 0 spiro atoms. The summed E-state index contributed by atoms with van der Waals surface area (Å²) in [4.78, 5) is 0. The molecular formula is C26H46O. The summed E-state index contributed by atoms with van der Waals surface area (Å²) < 4.78 is 0. The fourth-order valence-electron chi connectivity index (χ4n) is 4.16. The zero-order valence-electron chi connectivity index (χ0n) is 18.6. The van der Waals surface area contributed by atoms with Crippen molar-refractivity contribution in [2.45, 2.75) is 130 Å². The maximum Gasteiger partial charge on any atom is 0.119 e. The van der Waals surface area contributed by atoms with Gasteiger partial charge in [0.1, 0.15) is 5.75 Å². The maximum atomic E-state index is 10.5. The molecule has 1 rings (SSSR count). The smallest absolute Gasteiger partial charge is 0.119 e. The third-order valence-corrected chi connectivity index (χ3v) is 5.83. The first kappa shape index (κ1) is 24.1. The Hall–Kier alpha value is -0.980. The summed E-state index contributed by atoms with van der Waals surface area (Å²) in [7, 11) is 0. The Bertz CT molecular complexity index is 477. The third kappa shape index (κ3) is 10.2. The highest BCUT2D eigenvalue weighted by Crippen LogP contribution is 2.29. The molecule has 0 aliphatic carbocycles. The first-order valence-electron chi connectivity index (χ1n) is 12.1. The van der Waals surface area contributed by atoms with Gasteiger partial charge in [0, 0.05) is 0 Å². The van der Waals surface area contributed by atoms with Crippen LogP contribution in [0.4, 0.5) is 0 Å². The van der Waals surface area contributed by atoms with E-state index in [9.17, 15) is 5.11 Å². The summed E-state index contributed by atoms with van der Waals surface area (Å²) >= 11 is 0. The SMILES string of the molecule is CCCCCCCCCc1c(O)ccc(CCC)c1CCCCCCCC. The molecule has 0 unspecified atom stereocenters. The van der Waals surface area contributed by atoms with Crippen LogP contribution in [0.25, 0.3) is 0 Å². The van der Waals surface area contributed by atoms with E-state index in [4.69, 9.17) is 0 Å². The third-order valence-electron chi connectivity index (χ3n) is 5.83. The molecule has 0 radical (unpaired) electrons. The Morgan fingerprint density at radius 2 is 1.00 bits per heavy atom. The van der Waals surface area contributed by atoms with Gasteiger partial charge < -0.3 is 5.11 Å². The molecule has 1 N–H and O–H groups in total. The van der Waals surface area contributed by atoms with Gasteiger partial charge in [-0.25, -0.2) is 0 Å². The first-order chi connectivity index (χ1) is 13.2. The van der Waals surface area contributed by atoms with Gasteiger partial charge in [-0.15, -0.1) is 0 Å². The largest absolute Gasteiger partial charge is 0.508 e. The van der Waals surface area contributed by atoms with Gasteiger partial charge in [0.05, 0.1) is 0 Å². The van der Waals surface area contributed by atoms with Crippen LogP contribution in [0.2, 0.25) is 0 Å². The van der Waals surface area contributed by atoms with Crippen LogP contribution in [0.5, 0.6) is 5.75 Å². The molecule has 0 fully saturated rings. The van der Waals surface area contributed by atoms with Gasteiger partial charge in [-0.3, -0.25) is 0 Å². The lowest BCUT2D eigenvalue weighted by atomic mass is 9.90. The van der Waals surface area contributed by atoms with E-state index in [1.54, 1.807) is 0 Å². The summed E-state index contributed by atoms with van der Waals surface area (Å²) in [6, 6.07) is 4.13. The quantitative estimate of drug-likeness (QED) is 0.271. The number of benzene rings is 1. The number of unbranched alkanes of at least 4 members (excludes halogenated alkanes) is 11. The first-order valence-corrected chi connectivity index (χ1v) is 12.1. The molecule has 1 aromatic carbocycles. The molecule has 0 aliphatic rings. The maximum absolute atomic E-state index is 10.5. The van der Waals surface area contributed by atoms with Gasteiger partial charge in [0.15, 0.2) is 0 Å². The number of aryl methyl sites for hydroxylation is 1. The van der Waals surface area contributed by atoms with Crippen molar-refractivity contribution in [3.63, 3.8) is 0 Å². The van der Waals surface area contributed by atoms with Crippen LogP contribution in [-0.4, -0.2) is 5.11 Å². The Morgan fingerprint density at radius 1 is 0.519 bits per heavy atom. The van der Waals surface area contributed by atoms with Gasteiger partial charge >= 0.3 is 0 Å². The van der Waals surface area contributed by atoms with Crippen molar-refractivity contribution in [3.05, 3.63) is 28.8 Å². The van der Waals surface area contributed by atoms with Gasteiger partial charge in [-0.05, 0) is 54.9 Å².